The molecule has 0 aliphatic heterocycles. The molecular weight excluding hydrogens is 84.0 g/mol. The van der Waals surface area contributed by atoms with E-state index in [0.29, 0.717) is 0 Å². The smallest absolute Gasteiger partial charge is 0 e. The van der Waals surface area contributed by atoms with Crippen LogP contribution in [0.5, 0.6) is 0 Å². The Balaban J connectivity index is -0.00000000500. The molecule has 0 bridgehead atoms. The summed E-state index contributed by atoms with van der Waals surface area (Å²) in [6, 6.07) is 0. The van der Waals surface area contributed by atoms with Gasteiger partial charge in [0.05, 0.1) is 0 Å². The number of hydrogen-bond acceptors (Lipinski definition) is 4. The third-order valence-corrected chi connectivity index (χ3v) is 0. The maximum Gasteiger partial charge on any atom is 0 e. The lowest BCUT2D eigenvalue weighted by molar-refractivity contribution is 1.15. The predicted molar refractivity (Wildman–Crippen MR) is 23.6 cm³/mol. The second-order valence-corrected chi connectivity index (χ2v) is 0. The SMILES string of the molecule is C.C.N#N.O=O. The largest absolute Gasteiger partial charge is 0.0776 e. The van der Waals surface area contributed by atoms with Gasteiger partial charge in [0.25, 0.3) is 0 Å². The van der Waals surface area contributed by atoms with E-state index >= 15 is 0 Å². The van der Waals surface area contributed by atoms with Crippen LogP contribution in [0.4, 0.5) is 0 Å². The molecule has 0 aromatic heterocycles. The van der Waals surface area contributed by atoms with Crippen LogP contribution in [0.2, 0.25) is 0 Å². The molecule has 0 radical (unpaired) electrons. The van der Waals surface area contributed by atoms with Gasteiger partial charge in [-0.1, -0.05) is 14.9 Å². The van der Waals surface area contributed by atoms with Crippen molar-refractivity contribution < 1.29 is 0 Å². The molecule has 0 atom stereocenters. The molecule has 4 nitrogen and oxygen atoms in total. The summed E-state index contributed by atoms with van der Waals surface area (Å²) in [6.45, 7) is 0. The van der Waals surface area contributed by atoms with Crippen LogP contribution in [0.1, 0.15) is 14.9 Å². The van der Waals surface area contributed by atoms with Crippen molar-refractivity contribution in [2.24, 2.45) is 0 Å². The van der Waals surface area contributed by atoms with Crippen LogP contribution in [0.15, 0.2) is 0 Å². The summed E-state index contributed by atoms with van der Waals surface area (Å²) < 4.78 is 0. The molecule has 0 unspecified atom stereocenters. The summed E-state index contributed by atoms with van der Waals surface area (Å²) in [6.07, 6.45) is 0. The highest BCUT2D eigenvalue weighted by Crippen LogP contribution is 0.741. The van der Waals surface area contributed by atoms with Crippen molar-refractivity contribution in [1.29, 1.82) is 10.8 Å². The number of rotatable bonds is 0. The summed E-state index contributed by atoms with van der Waals surface area (Å²) in [5.41, 5.74) is 0. The highest BCUT2D eigenvalue weighted by atomic mass is 16.7. The Morgan fingerprint density at radius 1 is 0.833 bits per heavy atom. The van der Waals surface area contributed by atoms with E-state index in [1.165, 1.54) is 0 Å². The number of nitrogens with zero attached hydrogens (tertiary/aromatic N) is 2. The lowest BCUT2D eigenvalue weighted by Crippen LogP contribution is -0.674. The van der Waals surface area contributed by atoms with Crippen LogP contribution < -0.4 is 0 Å². The van der Waals surface area contributed by atoms with Gasteiger partial charge in [-0.05, 0) is 0 Å². The average Bonchev–Trinajstić information content (AvgIpc) is 1.50. The molecule has 0 rings (SSSR count). The third-order valence-electron chi connectivity index (χ3n) is 0. The van der Waals surface area contributed by atoms with Crippen LogP contribution in [0, 0.1) is 20.7 Å². The van der Waals surface area contributed by atoms with Crippen molar-refractivity contribution in [3.63, 3.8) is 0 Å². The predicted octanol–water partition coefficient (Wildman–Crippen LogP) is 1.37. The number of hydrogen-bond donors (Lipinski definition) is 0. The second-order valence-electron chi connectivity index (χ2n) is 0. The first-order chi connectivity index (χ1) is 2.00. The van der Waals surface area contributed by atoms with Gasteiger partial charge < -0.3 is 0 Å². The Morgan fingerprint density at radius 3 is 0.833 bits per heavy atom. The molecule has 0 heterocycles. The molecule has 0 amide bonds. The monoisotopic (exact) mass is 92.1 g/mol. The van der Waals surface area contributed by atoms with Crippen LogP contribution in [-0.4, -0.2) is 0 Å². The molecule has 6 heavy (non-hydrogen) atoms. The van der Waals surface area contributed by atoms with Crippen molar-refractivity contribution in [2.45, 2.75) is 14.9 Å². The zero-order valence-electron chi connectivity index (χ0n) is 1.71. The maximum absolute atomic E-state index is 7.00. The van der Waals surface area contributed by atoms with Crippen LogP contribution in [-0.2, 0) is 0 Å². The molecule has 0 saturated carbocycles. The first-order valence-corrected chi connectivity index (χ1v) is 0.367. The van der Waals surface area contributed by atoms with Crippen LogP contribution in [0.3, 0.4) is 0 Å². The first kappa shape index (κ1) is 78.0. The molecule has 38 valence electrons. The van der Waals surface area contributed by atoms with Crippen LogP contribution in [0.25, 0.3) is 0 Å². The van der Waals surface area contributed by atoms with Gasteiger partial charge >= 0.3 is 0 Å². The van der Waals surface area contributed by atoms with Crippen molar-refractivity contribution in [3.8, 4) is 0 Å². The topological polar surface area (TPSA) is 81.7 Å². The van der Waals surface area contributed by atoms with Gasteiger partial charge in [-0.15, -0.1) is 0 Å². The molecule has 0 aliphatic rings. The maximum atomic E-state index is 7.00. The van der Waals surface area contributed by atoms with E-state index in [9.17, 15) is 0 Å². The zero-order valence-corrected chi connectivity index (χ0v) is 1.71. The Morgan fingerprint density at radius 2 is 0.833 bits per heavy atom. The minimum Gasteiger partial charge on any atom is -0.0776 e. The molecule has 0 spiro atoms. The van der Waals surface area contributed by atoms with E-state index in [2.05, 4.69) is 0 Å². The highest BCUT2D eigenvalue weighted by Gasteiger charge is 0.707. The van der Waals surface area contributed by atoms with E-state index in [0.717, 1.165) is 0 Å². The van der Waals surface area contributed by atoms with Gasteiger partial charge in [0.15, 0.2) is 0 Å². The molecule has 0 saturated heterocycles. The minimum absolute atomic E-state index is 0. The lowest BCUT2D eigenvalue weighted by atomic mass is 12.0. The fourth-order valence-corrected chi connectivity index (χ4v) is 0. The normalized spacial score (nSPS) is 1.00. The lowest BCUT2D eigenvalue weighted by Gasteiger charge is -0.707. The van der Waals surface area contributed by atoms with E-state index in [4.69, 9.17) is 20.7 Å². The molecule has 4 heteroatoms. The standard InChI is InChI=1S/2CH4.N2.O2/c;;2*1-2/h2*1H4;;. The summed E-state index contributed by atoms with van der Waals surface area (Å²) in [7, 11) is 0. The van der Waals surface area contributed by atoms with Gasteiger partial charge in [0.2, 0.25) is 0 Å². The van der Waals surface area contributed by atoms with Crippen LogP contribution >= 0.6 is 0 Å². The van der Waals surface area contributed by atoms with Gasteiger partial charge in [-0.3, -0.25) is 0 Å². The Kier molecular flexibility index (Phi) is 496. The molecule has 0 aromatic carbocycles. The Labute approximate surface area is 36.8 Å². The summed E-state index contributed by atoms with van der Waals surface area (Å²) in [4.78, 5) is 14.0. The zero-order chi connectivity index (χ0) is 4.00. The summed E-state index contributed by atoms with van der Waals surface area (Å²) in [5.74, 6) is 0. The summed E-state index contributed by atoms with van der Waals surface area (Å²) in [5, 5.41) is 12.0. The molecule has 0 aromatic rings. The first-order valence-electron chi connectivity index (χ1n) is 0.367. The highest BCUT2D eigenvalue weighted by molar-refractivity contribution is 4.07. The average molecular weight is 92.1 g/mol. The quantitative estimate of drug-likeness (QED) is 0.422. The molecule has 0 fully saturated rings. The molecule has 0 N–H and O–H groups in total. The van der Waals surface area contributed by atoms with E-state index < -0.39 is 0 Å². The second kappa shape index (κ2) is 38.2. The van der Waals surface area contributed by atoms with Gasteiger partial charge in [0, 0.05) is 20.7 Å². The van der Waals surface area contributed by atoms with Crippen molar-refractivity contribution >= 4 is 0 Å². The van der Waals surface area contributed by atoms with Crippen molar-refractivity contribution in [2.75, 3.05) is 0 Å². The Hall–Kier alpha value is -0.980. The fourth-order valence-electron chi connectivity index (χ4n) is 0. The van der Waals surface area contributed by atoms with Gasteiger partial charge in [-0.25, -0.2) is 0 Å². The van der Waals surface area contributed by atoms with Gasteiger partial charge in [-0.2, -0.15) is 0 Å². The van der Waals surface area contributed by atoms with Crippen molar-refractivity contribution in [3.05, 3.63) is 9.93 Å². The summed E-state index contributed by atoms with van der Waals surface area (Å²) >= 11 is 0. The minimum atomic E-state index is 0. The Bertz CT molecular complexity index is 20.8. The van der Waals surface area contributed by atoms with E-state index in [1.807, 2.05) is 0 Å². The molecule has 0 aliphatic carbocycles. The molecular formula is C2H8N2O2. The van der Waals surface area contributed by atoms with Gasteiger partial charge in [0.1, 0.15) is 0 Å². The fraction of sp³-hybridized carbons (Fsp3) is 1.00. The third kappa shape index (κ3) is 12.8. The van der Waals surface area contributed by atoms with Crippen molar-refractivity contribution in [1.82, 2.24) is 0 Å². The van der Waals surface area contributed by atoms with E-state index in [-0.39, 0.29) is 14.9 Å². The van der Waals surface area contributed by atoms with E-state index in [1.54, 1.807) is 0 Å².